The zero-order valence-corrected chi connectivity index (χ0v) is 20.0. The molecule has 1 heterocycles. The molecule has 1 aliphatic heterocycles. The van der Waals surface area contributed by atoms with Crippen molar-refractivity contribution in [2.75, 3.05) is 6.61 Å². The summed E-state index contributed by atoms with van der Waals surface area (Å²) in [4.78, 5) is 0. The van der Waals surface area contributed by atoms with E-state index in [9.17, 15) is 13.2 Å². The lowest BCUT2D eigenvalue weighted by atomic mass is 9.82. The molecule has 1 saturated carbocycles. The fraction of sp³-hybridized carbons (Fsp3) is 0.400. The van der Waals surface area contributed by atoms with Gasteiger partial charge in [0.25, 0.3) is 0 Å². The highest BCUT2D eigenvalue weighted by molar-refractivity contribution is 5.65. The van der Waals surface area contributed by atoms with Crippen molar-refractivity contribution < 1.29 is 22.6 Å². The van der Waals surface area contributed by atoms with Crippen molar-refractivity contribution in [3.8, 4) is 11.1 Å². The SMILES string of the molecule is CCCc1ccc(-c2ccc(COC3CCC(c4ccc(C5CO5)cc4F)CC3)c(F)c2F)cc1. The summed E-state index contributed by atoms with van der Waals surface area (Å²) in [5, 5.41) is 0. The van der Waals surface area contributed by atoms with E-state index >= 15 is 0 Å². The molecule has 2 nitrogen and oxygen atoms in total. The predicted molar refractivity (Wildman–Crippen MR) is 131 cm³/mol. The maximum Gasteiger partial charge on any atom is 0.167 e. The van der Waals surface area contributed by atoms with Gasteiger partial charge in [-0.3, -0.25) is 0 Å². The molecule has 3 aromatic carbocycles. The zero-order chi connectivity index (χ0) is 24.4. The molecule has 0 amide bonds. The van der Waals surface area contributed by atoms with Crippen molar-refractivity contribution in [3.63, 3.8) is 0 Å². The molecule has 35 heavy (non-hydrogen) atoms. The van der Waals surface area contributed by atoms with Gasteiger partial charge in [-0.05, 0) is 66.3 Å². The number of ether oxygens (including phenoxy) is 2. The van der Waals surface area contributed by atoms with Crippen LogP contribution in [0.5, 0.6) is 0 Å². The molecule has 1 unspecified atom stereocenters. The molecule has 184 valence electrons. The average molecular weight is 481 g/mol. The van der Waals surface area contributed by atoms with Gasteiger partial charge in [-0.25, -0.2) is 13.2 Å². The van der Waals surface area contributed by atoms with Crippen molar-refractivity contribution in [3.05, 3.63) is 94.3 Å². The minimum absolute atomic E-state index is 0.0260. The Morgan fingerprint density at radius 3 is 2.29 bits per heavy atom. The molecular weight excluding hydrogens is 449 g/mol. The summed E-state index contributed by atoms with van der Waals surface area (Å²) < 4.78 is 55.5. The maximum atomic E-state index is 14.8. The van der Waals surface area contributed by atoms with Crippen LogP contribution in [-0.4, -0.2) is 12.7 Å². The quantitative estimate of drug-likeness (QED) is 0.304. The van der Waals surface area contributed by atoms with Crippen LogP contribution < -0.4 is 0 Å². The molecule has 2 fully saturated rings. The van der Waals surface area contributed by atoms with Crippen LogP contribution in [0.1, 0.15) is 73.3 Å². The summed E-state index contributed by atoms with van der Waals surface area (Å²) in [6, 6.07) is 16.3. The molecule has 1 saturated heterocycles. The number of hydrogen-bond donors (Lipinski definition) is 0. The number of halogens is 3. The smallest absolute Gasteiger partial charge is 0.167 e. The summed E-state index contributed by atoms with van der Waals surface area (Å²) in [6.45, 7) is 2.80. The van der Waals surface area contributed by atoms with Gasteiger partial charge >= 0.3 is 0 Å². The minimum Gasteiger partial charge on any atom is -0.373 e. The van der Waals surface area contributed by atoms with Crippen LogP contribution in [-0.2, 0) is 22.5 Å². The number of epoxide rings is 1. The molecule has 5 heteroatoms. The second kappa shape index (κ2) is 10.5. The first-order valence-electron chi connectivity index (χ1n) is 12.6. The Morgan fingerprint density at radius 2 is 1.63 bits per heavy atom. The Labute approximate surface area is 205 Å². The van der Waals surface area contributed by atoms with Gasteiger partial charge in [0.15, 0.2) is 11.6 Å². The Balaban J connectivity index is 1.17. The van der Waals surface area contributed by atoms with E-state index in [1.54, 1.807) is 18.2 Å². The van der Waals surface area contributed by atoms with Crippen LogP contribution in [0.2, 0.25) is 0 Å². The Morgan fingerprint density at radius 1 is 0.886 bits per heavy atom. The molecule has 0 spiro atoms. The Hall–Kier alpha value is -2.63. The molecule has 5 rings (SSSR count). The molecule has 0 aromatic heterocycles. The second-order valence-electron chi connectivity index (χ2n) is 9.73. The highest BCUT2D eigenvalue weighted by atomic mass is 19.2. The van der Waals surface area contributed by atoms with E-state index < -0.39 is 11.6 Å². The van der Waals surface area contributed by atoms with Crippen molar-refractivity contribution >= 4 is 0 Å². The fourth-order valence-corrected chi connectivity index (χ4v) is 5.13. The topological polar surface area (TPSA) is 21.8 Å². The fourth-order valence-electron chi connectivity index (χ4n) is 5.13. The van der Waals surface area contributed by atoms with E-state index in [0.717, 1.165) is 49.7 Å². The first-order valence-corrected chi connectivity index (χ1v) is 12.6. The van der Waals surface area contributed by atoms with Gasteiger partial charge in [0.2, 0.25) is 0 Å². The molecule has 0 radical (unpaired) electrons. The first kappa shape index (κ1) is 24.1. The Bertz CT molecular complexity index is 1160. The standard InChI is InChI=1S/C30H31F3O2/c1-2-3-19-4-6-21(7-5-19)26-15-11-23(29(32)30(26)33)17-34-24-12-8-20(9-13-24)25-14-10-22(16-27(25)31)28-18-35-28/h4-7,10-11,14-16,20,24,28H,2-3,8-9,12-13,17-18H2,1H3. The highest BCUT2D eigenvalue weighted by Gasteiger charge is 2.28. The second-order valence-corrected chi connectivity index (χ2v) is 9.73. The van der Waals surface area contributed by atoms with Crippen molar-refractivity contribution in [2.45, 2.75) is 70.2 Å². The van der Waals surface area contributed by atoms with E-state index in [-0.39, 0.29) is 41.7 Å². The maximum absolute atomic E-state index is 14.8. The van der Waals surface area contributed by atoms with Gasteiger partial charge in [-0.2, -0.15) is 0 Å². The summed E-state index contributed by atoms with van der Waals surface area (Å²) in [5.41, 5.74) is 3.98. The number of rotatable bonds is 8. The van der Waals surface area contributed by atoms with Gasteiger partial charge in [0, 0.05) is 11.1 Å². The van der Waals surface area contributed by atoms with E-state index in [2.05, 4.69) is 6.92 Å². The predicted octanol–water partition coefficient (Wildman–Crippen LogP) is 8.04. The number of aryl methyl sites for hydroxylation is 1. The summed E-state index contributed by atoms with van der Waals surface area (Å²) in [7, 11) is 0. The molecule has 0 bridgehead atoms. The van der Waals surface area contributed by atoms with Gasteiger partial charge in [0.05, 0.1) is 19.3 Å². The molecule has 1 atom stereocenters. The third kappa shape index (κ3) is 5.46. The van der Waals surface area contributed by atoms with E-state index in [0.29, 0.717) is 12.2 Å². The molecule has 1 aliphatic carbocycles. The van der Waals surface area contributed by atoms with Crippen molar-refractivity contribution in [2.24, 2.45) is 0 Å². The van der Waals surface area contributed by atoms with E-state index in [1.165, 1.54) is 5.56 Å². The monoisotopic (exact) mass is 480 g/mol. The van der Waals surface area contributed by atoms with Gasteiger partial charge < -0.3 is 9.47 Å². The van der Waals surface area contributed by atoms with Gasteiger partial charge in [-0.15, -0.1) is 0 Å². The lowest BCUT2D eigenvalue weighted by Crippen LogP contribution is -2.21. The number of benzene rings is 3. The van der Waals surface area contributed by atoms with E-state index in [4.69, 9.17) is 9.47 Å². The van der Waals surface area contributed by atoms with Crippen LogP contribution in [0.25, 0.3) is 11.1 Å². The van der Waals surface area contributed by atoms with Crippen LogP contribution in [0.4, 0.5) is 13.2 Å². The van der Waals surface area contributed by atoms with Crippen LogP contribution in [0.15, 0.2) is 54.6 Å². The zero-order valence-electron chi connectivity index (χ0n) is 20.0. The molecular formula is C30H31F3O2. The minimum atomic E-state index is -0.851. The third-order valence-corrected chi connectivity index (χ3v) is 7.28. The van der Waals surface area contributed by atoms with Crippen molar-refractivity contribution in [1.82, 2.24) is 0 Å². The van der Waals surface area contributed by atoms with Crippen LogP contribution in [0, 0.1) is 17.5 Å². The Kier molecular flexibility index (Phi) is 7.26. The van der Waals surface area contributed by atoms with Crippen molar-refractivity contribution in [1.29, 1.82) is 0 Å². The highest BCUT2D eigenvalue weighted by Crippen LogP contribution is 2.38. The first-order chi connectivity index (χ1) is 17.0. The molecule has 2 aliphatic rings. The van der Waals surface area contributed by atoms with Crippen LogP contribution in [0.3, 0.4) is 0 Å². The summed E-state index contributed by atoms with van der Waals surface area (Å²) in [6.07, 6.45) is 5.17. The van der Waals surface area contributed by atoms with Crippen LogP contribution >= 0.6 is 0 Å². The normalized spacial score (nSPS) is 21.8. The lowest BCUT2D eigenvalue weighted by Gasteiger charge is -2.29. The number of hydrogen-bond acceptors (Lipinski definition) is 2. The average Bonchev–Trinajstić information content (AvgIpc) is 3.72. The summed E-state index contributed by atoms with van der Waals surface area (Å²) in [5.74, 6) is -1.70. The van der Waals surface area contributed by atoms with Gasteiger partial charge in [0.1, 0.15) is 11.9 Å². The summed E-state index contributed by atoms with van der Waals surface area (Å²) >= 11 is 0. The molecule has 0 N–H and O–H groups in total. The molecule has 3 aromatic rings. The van der Waals surface area contributed by atoms with E-state index in [1.807, 2.05) is 36.4 Å². The largest absolute Gasteiger partial charge is 0.373 e. The third-order valence-electron chi connectivity index (χ3n) is 7.28. The van der Waals surface area contributed by atoms with Gasteiger partial charge in [-0.1, -0.05) is 61.9 Å². The lowest BCUT2D eigenvalue weighted by molar-refractivity contribution is 0.0117.